The van der Waals surface area contributed by atoms with Crippen molar-refractivity contribution in [1.82, 2.24) is 4.90 Å². The molecule has 33 heavy (non-hydrogen) atoms. The standard InChI is InChI=1S/C24H25FN2O5S/c1-16-9-11-17(12-10-16)15-27(2)24(28)19-13-18(14-22(31-3)23(19)32-4)33(29,30)26-21-8-6-5-7-20(21)25/h5-14,26H,15H2,1-4H3. The van der Waals surface area contributed by atoms with E-state index in [9.17, 15) is 17.6 Å². The molecule has 1 N–H and O–H groups in total. The Morgan fingerprint density at radius 3 is 2.30 bits per heavy atom. The third-order valence-corrected chi connectivity index (χ3v) is 6.34. The summed E-state index contributed by atoms with van der Waals surface area (Å²) < 4.78 is 52.8. The Balaban J connectivity index is 2.00. The summed E-state index contributed by atoms with van der Waals surface area (Å²) in [6.45, 7) is 2.27. The third-order valence-electron chi connectivity index (χ3n) is 5.00. The van der Waals surface area contributed by atoms with Crippen molar-refractivity contribution in [3.8, 4) is 11.5 Å². The number of amides is 1. The van der Waals surface area contributed by atoms with Crippen LogP contribution >= 0.6 is 0 Å². The molecule has 3 aromatic carbocycles. The number of halogens is 1. The van der Waals surface area contributed by atoms with Gasteiger partial charge in [-0.2, -0.15) is 0 Å². The summed E-state index contributed by atoms with van der Waals surface area (Å²) in [5.74, 6) is -1.03. The number of para-hydroxylation sites is 1. The second kappa shape index (κ2) is 9.91. The van der Waals surface area contributed by atoms with Crippen molar-refractivity contribution in [2.24, 2.45) is 0 Å². The number of benzene rings is 3. The monoisotopic (exact) mass is 472 g/mol. The number of carbonyl (C=O) groups is 1. The number of hydrogen-bond acceptors (Lipinski definition) is 5. The summed E-state index contributed by atoms with van der Waals surface area (Å²) >= 11 is 0. The predicted molar refractivity (Wildman–Crippen MR) is 124 cm³/mol. The molecule has 0 aliphatic heterocycles. The van der Waals surface area contributed by atoms with Crippen molar-refractivity contribution in [2.75, 3.05) is 26.0 Å². The lowest BCUT2D eigenvalue weighted by molar-refractivity contribution is 0.0780. The molecule has 0 atom stereocenters. The Morgan fingerprint density at radius 2 is 1.70 bits per heavy atom. The van der Waals surface area contributed by atoms with Crippen LogP contribution in [0.5, 0.6) is 11.5 Å². The highest BCUT2D eigenvalue weighted by Gasteiger charge is 2.26. The average molecular weight is 473 g/mol. The van der Waals surface area contributed by atoms with E-state index in [-0.39, 0.29) is 27.6 Å². The smallest absolute Gasteiger partial charge is 0.262 e. The lowest BCUT2D eigenvalue weighted by atomic mass is 10.1. The maximum atomic E-state index is 14.0. The van der Waals surface area contributed by atoms with Crippen molar-refractivity contribution < 1.29 is 27.1 Å². The van der Waals surface area contributed by atoms with Gasteiger partial charge in [-0.1, -0.05) is 42.0 Å². The van der Waals surface area contributed by atoms with Crippen LogP contribution in [-0.2, 0) is 16.6 Å². The van der Waals surface area contributed by atoms with Crippen LogP contribution in [0.25, 0.3) is 0 Å². The predicted octanol–water partition coefficient (Wildman–Crippen LogP) is 4.22. The summed E-state index contributed by atoms with van der Waals surface area (Å²) in [6, 6.07) is 15.5. The van der Waals surface area contributed by atoms with Gasteiger partial charge in [0.1, 0.15) is 5.82 Å². The van der Waals surface area contributed by atoms with Crippen LogP contribution in [0.4, 0.5) is 10.1 Å². The van der Waals surface area contributed by atoms with Crippen LogP contribution in [0.3, 0.4) is 0 Å². The van der Waals surface area contributed by atoms with Crippen LogP contribution in [0, 0.1) is 12.7 Å². The van der Waals surface area contributed by atoms with E-state index in [0.29, 0.717) is 6.54 Å². The molecular formula is C24H25FN2O5S. The summed E-state index contributed by atoms with van der Waals surface area (Å²) in [6.07, 6.45) is 0. The number of nitrogens with one attached hydrogen (secondary N) is 1. The van der Waals surface area contributed by atoms with Gasteiger partial charge in [0.25, 0.3) is 15.9 Å². The first-order valence-corrected chi connectivity index (χ1v) is 11.5. The minimum absolute atomic E-state index is 0.000343. The molecule has 174 valence electrons. The molecule has 0 aliphatic carbocycles. The van der Waals surface area contributed by atoms with Gasteiger partial charge < -0.3 is 14.4 Å². The van der Waals surface area contributed by atoms with Crippen LogP contribution in [0.15, 0.2) is 65.6 Å². The number of rotatable bonds is 8. The highest BCUT2D eigenvalue weighted by Crippen LogP contribution is 2.35. The maximum Gasteiger partial charge on any atom is 0.262 e. The lowest BCUT2D eigenvalue weighted by Gasteiger charge is -2.21. The molecule has 0 aromatic heterocycles. The van der Waals surface area contributed by atoms with Crippen molar-refractivity contribution in [1.29, 1.82) is 0 Å². The van der Waals surface area contributed by atoms with Gasteiger partial charge in [0.05, 0.1) is 30.4 Å². The van der Waals surface area contributed by atoms with E-state index in [1.807, 2.05) is 31.2 Å². The van der Waals surface area contributed by atoms with Gasteiger partial charge in [0.15, 0.2) is 11.5 Å². The van der Waals surface area contributed by atoms with Crippen molar-refractivity contribution in [3.05, 3.63) is 83.2 Å². The molecule has 0 saturated carbocycles. The average Bonchev–Trinajstić information content (AvgIpc) is 2.80. The van der Waals surface area contributed by atoms with Gasteiger partial charge in [-0.15, -0.1) is 0 Å². The molecule has 3 aromatic rings. The third kappa shape index (κ3) is 5.43. The zero-order valence-electron chi connectivity index (χ0n) is 18.8. The number of ether oxygens (including phenoxy) is 2. The zero-order chi connectivity index (χ0) is 24.2. The molecule has 0 spiro atoms. The van der Waals surface area contributed by atoms with E-state index < -0.39 is 21.7 Å². The van der Waals surface area contributed by atoms with Crippen LogP contribution < -0.4 is 14.2 Å². The minimum atomic E-state index is -4.24. The number of methoxy groups -OCH3 is 2. The summed E-state index contributed by atoms with van der Waals surface area (Å²) in [4.78, 5) is 14.4. The molecule has 0 saturated heterocycles. The van der Waals surface area contributed by atoms with Gasteiger partial charge in [-0.25, -0.2) is 12.8 Å². The fourth-order valence-electron chi connectivity index (χ4n) is 3.25. The molecule has 0 fully saturated rings. The van der Waals surface area contributed by atoms with Crippen LogP contribution in [-0.4, -0.2) is 40.5 Å². The Labute approximate surface area is 192 Å². The molecule has 9 heteroatoms. The molecule has 0 bridgehead atoms. The Kier molecular flexibility index (Phi) is 7.23. The SMILES string of the molecule is COc1cc(S(=O)(=O)Nc2ccccc2F)cc(C(=O)N(C)Cc2ccc(C)cc2)c1OC. The van der Waals surface area contributed by atoms with Crippen molar-refractivity contribution in [2.45, 2.75) is 18.4 Å². The quantitative estimate of drug-likeness (QED) is 0.531. The van der Waals surface area contributed by atoms with E-state index in [2.05, 4.69) is 4.72 Å². The van der Waals surface area contributed by atoms with Gasteiger partial charge in [-0.05, 0) is 30.7 Å². The summed E-state index contributed by atoms with van der Waals surface area (Å²) in [7, 11) is 0.0666. The van der Waals surface area contributed by atoms with Gasteiger partial charge in [0, 0.05) is 19.7 Å². The molecular weight excluding hydrogens is 447 g/mol. The second-order valence-electron chi connectivity index (χ2n) is 7.44. The molecule has 7 nitrogen and oxygen atoms in total. The number of sulfonamides is 1. The Bertz CT molecular complexity index is 1260. The van der Waals surface area contributed by atoms with Gasteiger partial charge in [0.2, 0.25) is 0 Å². The largest absolute Gasteiger partial charge is 0.493 e. The van der Waals surface area contributed by atoms with Crippen LogP contribution in [0.2, 0.25) is 0 Å². The number of nitrogens with zero attached hydrogens (tertiary/aromatic N) is 1. The Hall–Kier alpha value is -3.59. The van der Waals surface area contributed by atoms with Crippen molar-refractivity contribution >= 4 is 21.6 Å². The first kappa shape index (κ1) is 24.1. The number of anilines is 1. The van der Waals surface area contributed by atoms with E-state index in [1.165, 1.54) is 49.5 Å². The van der Waals surface area contributed by atoms with Gasteiger partial charge >= 0.3 is 0 Å². The zero-order valence-corrected chi connectivity index (χ0v) is 19.6. The number of hydrogen-bond donors (Lipinski definition) is 1. The second-order valence-corrected chi connectivity index (χ2v) is 9.12. The molecule has 1 amide bonds. The van der Waals surface area contributed by atoms with E-state index in [0.717, 1.165) is 17.2 Å². The Morgan fingerprint density at radius 1 is 1.03 bits per heavy atom. The van der Waals surface area contributed by atoms with Crippen LogP contribution in [0.1, 0.15) is 21.5 Å². The summed E-state index contributed by atoms with van der Waals surface area (Å²) in [5.41, 5.74) is 1.80. The number of aryl methyl sites for hydroxylation is 1. The van der Waals surface area contributed by atoms with E-state index >= 15 is 0 Å². The molecule has 0 radical (unpaired) electrons. The molecule has 0 aliphatic rings. The molecule has 0 unspecified atom stereocenters. The topological polar surface area (TPSA) is 84.9 Å². The fourth-order valence-corrected chi connectivity index (χ4v) is 4.35. The minimum Gasteiger partial charge on any atom is -0.493 e. The molecule has 3 rings (SSSR count). The van der Waals surface area contributed by atoms with E-state index in [4.69, 9.17) is 9.47 Å². The van der Waals surface area contributed by atoms with Gasteiger partial charge in [-0.3, -0.25) is 9.52 Å². The normalized spacial score (nSPS) is 11.1. The maximum absolute atomic E-state index is 14.0. The highest BCUT2D eigenvalue weighted by atomic mass is 32.2. The highest BCUT2D eigenvalue weighted by molar-refractivity contribution is 7.92. The summed E-state index contributed by atoms with van der Waals surface area (Å²) in [5, 5.41) is 0. The first-order valence-electron chi connectivity index (χ1n) is 10.0. The fraction of sp³-hybridized carbons (Fsp3) is 0.208. The lowest BCUT2D eigenvalue weighted by Crippen LogP contribution is -2.27. The molecule has 0 heterocycles. The van der Waals surface area contributed by atoms with E-state index in [1.54, 1.807) is 7.05 Å². The first-order chi connectivity index (χ1) is 15.7. The number of carbonyl (C=O) groups excluding carboxylic acids is 1. The van der Waals surface area contributed by atoms with Crippen molar-refractivity contribution in [3.63, 3.8) is 0 Å².